The SMILES string of the molecule is COc1cc(Br)ccc1C(=O)N1CCOC(CC(=O)O)C1. The summed E-state index contributed by atoms with van der Waals surface area (Å²) in [5.41, 5.74) is 0.455. The number of amides is 1. The molecule has 0 spiro atoms. The van der Waals surface area contributed by atoms with Crippen molar-refractivity contribution in [2.75, 3.05) is 26.8 Å². The molecule has 1 atom stereocenters. The summed E-state index contributed by atoms with van der Waals surface area (Å²) in [6.07, 6.45) is -0.581. The van der Waals surface area contributed by atoms with E-state index < -0.39 is 12.1 Å². The molecule has 0 bridgehead atoms. The molecule has 21 heavy (non-hydrogen) atoms. The second kappa shape index (κ2) is 6.91. The monoisotopic (exact) mass is 357 g/mol. The molecule has 1 aromatic rings. The minimum atomic E-state index is -0.935. The molecular formula is C14H16BrNO5. The average Bonchev–Trinajstić information content (AvgIpc) is 2.46. The summed E-state index contributed by atoms with van der Waals surface area (Å²) in [5.74, 6) is -0.635. The number of ether oxygens (including phenoxy) is 2. The van der Waals surface area contributed by atoms with E-state index in [1.165, 1.54) is 7.11 Å². The number of methoxy groups -OCH3 is 1. The fraction of sp³-hybridized carbons (Fsp3) is 0.429. The number of morpholine rings is 1. The van der Waals surface area contributed by atoms with Gasteiger partial charge >= 0.3 is 5.97 Å². The minimum absolute atomic E-state index is 0.110. The van der Waals surface area contributed by atoms with Crippen LogP contribution in [-0.4, -0.2) is 54.8 Å². The Morgan fingerprint density at radius 1 is 1.52 bits per heavy atom. The first kappa shape index (κ1) is 15.8. The van der Waals surface area contributed by atoms with Gasteiger partial charge in [-0.15, -0.1) is 0 Å². The highest BCUT2D eigenvalue weighted by Gasteiger charge is 2.28. The van der Waals surface area contributed by atoms with Gasteiger partial charge < -0.3 is 19.5 Å². The van der Waals surface area contributed by atoms with Crippen LogP contribution in [0.1, 0.15) is 16.8 Å². The van der Waals surface area contributed by atoms with Crippen LogP contribution in [0.4, 0.5) is 0 Å². The number of carboxylic acid groups (broad SMARTS) is 1. The van der Waals surface area contributed by atoms with Crippen LogP contribution in [-0.2, 0) is 9.53 Å². The first-order valence-electron chi connectivity index (χ1n) is 6.47. The first-order chi connectivity index (χ1) is 10.0. The Labute approximate surface area is 130 Å². The second-order valence-corrected chi connectivity index (χ2v) is 5.60. The molecule has 6 nitrogen and oxygen atoms in total. The maximum Gasteiger partial charge on any atom is 0.306 e. The molecule has 1 aromatic carbocycles. The molecular weight excluding hydrogens is 342 g/mol. The smallest absolute Gasteiger partial charge is 0.306 e. The lowest BCUT2D eigenvalue weighted by Crippen LogP contribution is -2.46. The van der Waals surface area contributed by atoms with Crippen molar-refractivity contribution in [2.45, 2.75) is 12.5 Å². The molecule has 1 heterocycles. The minimum Gasteiger partial charge on any atom is -0.496 e. The molecule has 114 valence electrons. The summed E-state index contributed by atoms with van der Waals surface area (Å²) in [7, 11) is 1.51. The fourth-order valence-corrected chi connectivity index (χ4v) is 2.57. The number of benzene rings is 1. The Hall–Kier alpha value is -1.60. The first-order valence-corrected chi connectivity index (χ1v) is 7.26. The van der Waals surface area contributed by atoms with Crippen molar-refractivity contribution in [3.63, 3.8) is 0 Å². The third-order valence-corrected chi connectivity index (χ3v) is 3.72. The van der Waals surface area contributed by atoms with Gasteiger partial charge in [-0.25, -0.2) is 0 Å². The Balaban J connectivity index is 2.14. The van der Waals surface area contributed by atoms with Gasteiger partial charge in [-0.2, -0.15) is 0 Å². The van der Waals surface area contributed by atoms with E-state index in [9.17, 15) is 9.59 Å². The van der Waals surface area contributed by atoms with E-state index in [4.69, 9.17) is 14.6 Å². The Kier molecular flexibility index (Phi) is 5.19. The molecule has 1 N–H and O–H groups in total. The largest absolute Gasteiger partial charge is 0.496 e. The summed E-state index contributed by atoms with van der Waals surface area (Å²) in [4.78, 5) is 24.9. The van der Waals surface area contributed by atoms with Crippen LogP contribution in [0.2, 0.25) is 0 Å². The predicted octanol–water partition coefficient (Wildman–Crippen LogP) is 1.77. The quantitative estimate of drug-likeness (QED) is 0.888. The van der Waals surface area contributed by atoms with E-state index in [0.717, 1.165) is 4.47 Å². The normalized spacial score (nSPS) is 18.4. The van der Waals surface area contributed by atoms with Gasteiger partial charge in [0.05, 0.1) is 31.8 Å². The topological polar surface area (TPSA) is 76.1 Å². The maximum atomic E-state index is 12.5. The molecule has 1 fully saturated rings. The van der Waals surface area contributed by atoms with Gasteiger partial charge in [0.15, 0.2) is 0 Å². The number of hydrogen-bond donors (Lipinski definition) is 1. The predicted molar refractivity (Wildman–Crippen MR) is 78.6 cm³/mol. The zero-order valence-electron chi connectivity index (χ0n) is 11.5. The van der Waals surface area contributed by atoms with Crippen molar-refractivity contribution in [2.24, 2.45) is 0 Å². The van der Waals surface area contributed by atoms with Gasteiger partial charge in [0.25, 0.3) is 5.91 Å². The van der Waals surface area contributed by atoms with Gasteiger partial charge in [0.2, 0.25) is 0 Å². The van der Waals surface area contributed by atoms with Gasteiger partial charge in [0.1, 0.15) is 5.75 Å². The molecule has 0 aromatic heterocycles. The average molecular weight is 358 g/mol. The van der Waals surface area contributed by atoms with E-state index in [1.807, 2.05) is 0 Å². The molecule has 7 heteroatoms. The molecule has 0 radical (unpaired) electrons. The molecule has 1 aliphatic rings. The maximum absolute atomic E-state index is 12.5. The third-order valence-electron chi connectivity index (χ3n) is 3.22. The number of nitrogens with zero attached hydrogens (tertiary/aromatic N) is 1. The molecule has 2 rings (SSSR count). The van der Waals surface area contributed by atoms with E-state index in [0.29, 0.717) is 24.5 Å². The van der Waals surface area contributed by atoms with Crippen LogP contribution in [0.15, 0.2) is 22.7 Å². The molecule has 1 amide bonds. The zero-order valence-corrected chi connectivity index (χ0v) is 13.1. The molecule has 0 aliphatic carbocycles. The van der Waals surface area contributed by atoms with E-state index in [2.05, 4.69) is 15.9 Å². The molecule has 1 aliphatic heterocycles. The number of halogens is 1. The second-order valence-electron chi connectivity index (χ2n) is 4.69. The van der Waals surface area contributed by atoms with Crippen molar-refractivity contribution in [1.82, 2.24) is 4.90 Å². The van der Waals surface area contributed by atoms with E-state index >= 15 is 0 Å². The number of rotatable bonds is 4. The standard InChI is InChI=1S/C14H16BrNO5/c1-20-12-6-9(15)2-3-11(12)14(19)16-4-5-21-10(8-16)7-13(17)18/h2-3,6,10H,4-5,7-8H2,1H3,(H,17,18). The summed E-state index contributed by atoms with van der Waals surface area (Å²) < 4.78 is 11.4. The number of carboxylic acids is 1. The van der Waals surface area contributed by atoms with Crippen LogP contribution in [0.3, 0.4) is 0 Å². The van der Waals surface area contributed by atoms with E-state index in [-0.39, 0.29) is 18.9 Å². The van der Waals surface area contributed by atoms with Crippen molar-refractivity contribution in [3.8, 4) is 5.75 Å². The highest BCUT2D eigenvalue weighted by molar-refractivity contribution is 9.10. The van der Waals surface area contributed by atoms with Gasteiger partial charge in [-0.05, 0) is 18.2 Å². The van der Waals surface area contributed by atoms with Crippen LogP contribution in [0, 0.1) is 0 Å². The lowest BCUT2D eigenvalue weighted by atomic mass is 10.1. The van der Waals surface area contributed by atoms with Crippen LogP contribution in [0.5, 0.6) is 5.75 Å². The van der Waals surface area contributed by atoms with Crippen LogP contribution < -0.4 is 4.74 Å². The number of carbonyl (C=O) groups excluding carboxylic acids is 1. The highest BCUT2D eigenvalue weighted by atomic mass is 79.9. The van der Waals surface area contributed by atoms with Crippen molar-refractivity contribution in [3.05, 3.63) is 28.2 Å². The number of hydrogen-bond acceptors (Lipinski definition) is 4. The van der Waals surface area contributed by atoms with Crippen molar-refractivity contribution < 1.29 is 24.2 Å². The summed E-state index contributed by atoms with van der Waals surface area (Å²) in [6, 6.07) is 5.18. The summed E-state index contributed by atoms with van der Waals surface area (Å²) >= 11 is 3.33. The van der Waals surface area contributed by atoms with Gasteiger partial charge in [-0.3, -0.25) is 9.59 Å². The summed E-state index contributed by atoms with van der Waals surface area (Å²) in [5, 5.41) is 8.81. The van der Waals surface area contributed by atoms with Crippen LogP contribution >= 0.6 is 15.9 Å². The van der Waals surface area contributed by atoms with Crippen molar-refractivity contribution in [1.29, 1.82) is 0 Å². The molecule has 0 saturated carbocycles. The number of aliphatic carboxylic acids is 1. The highest BCUT2D eigenvalue weighted by Crippen LogP contribution is 2.25. The lowest BCUT2D eigenvalue weighted by molar-refractivity contribution is -0.141. The lowest BCUT2D eigenvalue weighted by Gasteiger charge is -2.32. The zero-order chi connectivity index (χ0) is 15.4. The van der Waals surface area contributed by atoms with Gasteiger partial charge in [0, 0.05) is 17.6 Å². The van der Waals surface area contributed by atoms with Crippen LogP contribution in [0.25, 0.3) is 0 Å². The summed E-state index contributed by atoms with van der Waals surface area (Å²) in [6.45, 7) is 1.04. The molecule has 1 saturated heterocycles. The fourth-order valence-electron chi connectivity index (χ4n) is 2.23. The Morgan fingerprint density at radius 2 is 2.29 bits per heavy atom. The third kappa shape index (κ3) is 3.95. The molecule has 1 unspecified atom stereocenters. The van der Waals surface area contributed by atoms with E-state index in [1.54, 1.807) is 23.1 Å². The Morgan fingerprint density at radius 3 is 2.95 bits per heavy atom. The Bertz CT molecular complexity index is 548. The van der Waals surface area contributed by atoms with Gasteiger partial charge in [-0.1, -0.05) is 15.9 Å². The van der Waals surface area contributed by atoms with Crippen molar-refractivity contribution >= 4 is 27.8 Å². The number of carbonyl (C=O) groups is 2.